The Kier molecular flexibility index (Phi) is 12.3. The number of hydrogen-bond donors (Lipinski definition) is 1. The molecule has 7 nitrogen and oxygen atoms in total. The normalized spacial score (nSPS) is 12.7. The fourth-order valence-corrected chi connectivity index (χ4v) is 7.18. The van der Waals surface area contributed by atoms with Crippen molar-refractivity contribution in [2.24, 2.45) is 0 Å². The lowest BCUT2D eigenvalue weighted by Gasteiger charge is -2.34. The largest absolute Gasteiger partial charge is 0.352 e. The first-order valence-electron chi connectivity index (χ1n) is 14.8. The van der Waals surface area contributed by atoms with E-state index in [2.05, 4.69) is 21.2 Å². The van der Waals surface area contributed by atoms with Gasteiger partial charge in [0.2, 0.25) is 11.8 Å². The zero-order valence-corrected chi connectivity index (χ0v) is 29.7. The summed E-state index contributed by atoms with van der Waals surface area (Å²) in [4.78, 5) is 30.0. The highest BCUT2D eigenvalue weighted by Gasteiger charge is 2.35. The van der Waals surface area contributed by atoms with Crippen molar-refractivity contribution in [3.05, 3.63) is 128 Å². The van der Waals surface area contributed by atoms with E-state index in [0.717, 1.165) is 25.5 Å². The van der Waals surface area contributed by atoms with Crippen molar-refractivity contribution in [3.63, 3.8) is 0 Å². The van der Waals surface area contributed by atoms with E-state index >= 15 is 0 Å². The molecule has 242 valence electrons. The summed E-state index contributed by atoms with van der Waals surface area (Å²) in [6.07, 6.45) is 0.907. The molecular formula is C35H36BrCl2N3O4S. The van der Waals surface area contributed by atoms with E-state index in [1.807, 2.05) is 75.4 Å². The van der Waals surface area contributed by atoms with E-state index < -0.39 is 28.5 Å². The van der Waals surface area contributed by atoms with E-state index in [4.69, 9.17) is 23.2 Å². The van der Waals surface area contributed by atoms with Gasteiger partial charge in [0.1, 0.15) is 12.6 Å². The van der Waals surface area contributed by atoms with Crippen molar-refractivity contribution in [3.8, 4) is 0 Å². The van der Waals surface area contributed by atoms with Crippen LogP contribution in [-0.4, -0.2) is 43.8 Å². The van der Waals surface area contributed by atoms with Crippen LogP contribution in [0.2, 0.25) is 10.0 Å². The number of sulfonamides is 1. The zero-order chi connectivity index (χ0) is 33.4. The number of rotatable bonds is 13. The van der Waals surface area contributed by atoms with Gasteiger partial charge in [-0.2, -0.15) is 0 Å². The van der Waals surface area contributed by atoms with Crippen LogP contribution >= 0.6 is 39.1 Å². The molecular weight excluding hydrogens is 709 g/mol. The Morgan fingerprint density at radius 3 is 2.20 bits per heavy atom. The van der Waals surface area contributed by atoms with Gasteiger partial charge in [-0.1, -0.05) is 112 Å². The highest BCUT2D eigenvalue weighted by molar-refractivity contribution is 9.10. The van der Waals surface area contributed by atoms with Crippen LogP contribution in [0.4, 0.5) is 5.69 Å². The number of halogens is 3. The lowest BCUT2D eigenvalue weighted by molar-refractivity contribution is -0.140. The second-order valence-corrected chi connectivity index (χ2v) is 14.6. The number of nitrogens with one attached hydrogen (secondary N) is 1. The summed E-state index contributed by atoms with van der Waals surface area (Å²) < 4.78 is 30.2. The molecule has 2 amide bonds. The minimum absolute atomic E-state index is 0.0125. The summed E-state index contributed by atoms with van der Waals surface area (Å²) in [6, 6.07) is 26.7. The number of benzene rings is 4. The molecule has 0 bridgehead atoms. The average Bonchev–Trinajstić information content (AvgIpc) is 3.03. The summed E-state index contributed by atoms with van der Waals surface area (Å²) in [5, 5.41) is 3.16. The van der Waals surface area contributed by atoms with Crippen molar-refractivity contribution < 1.29 is 18.0 Å². The first-order chi connectivity index (χ1) is 21.9. The third-order valence-electron chi connectivity index (χ3n) is 7.60. The maximum absolute atomic E-state index is 14.6. The van der Waals surface area contributed by atoms with Crippen molar-refractivity contribution in [1.29, 1.82) is 0 Å². The fourth-order valence-electron chi connectivity index (χ4n) is 4.86. The van der Waals surface area contributed by atoms with Gasteiger partial charge in [-0.3, -0.25) is 13.9 Å². The SMILES string of the molecule is CC[C@@H](C)NC(=O)[C@@H](Cc1ccccc1)N(Cc1cccc(Br)c1)C(=O)CN(c1cccc(Cl)c1Cl)S(=O)(=O)c1ccc(C)cc1. The number of aryl methyl sites for hydroxylation is 1. The molecule has 11 heteroatoms. The molecule has 4 aromatic rings. The standard InChI is InChI=1S/C35H36BrCl2N3O4S/c1-4-25(3)39-35(43)32(21-26-10-6-5-7-11-26)40(22-27-12-8-13-28(36)20-27)33(42)23-41(31-15-9-14-30(37)34(31)38)46(44,45)29-18-16-24(2)17-19-29/h5-20,25,32H,4,21-23H2,1-3H3,(H,39,43)/t25-,32-/m1/s1. The lowest BCUT2D eigenvalue weighted by atomic mass is 10.0. The Hall–Kier alpha value is -3.37. The number of nitrogens with zero attached hydrogens (tertiary/aromatic N) is 2. The van der Waals surface area contributed by atoms with Gasteiger partial charge >= 0.3 is 0 Å². The summed E-state index contributed by atoms with van der Waals surface area (Å²) >= 11 is 16.4. The predicted octanol–water partition coefficient (Wildman–Crippen LogP) is 7.81. The summed E-state index contributed by atoms with van der Waals surface area (Å²) in [5.74, 6) is -0.929. The van der Waals surface area contributed by atoms with Gasteiger partial charge in [0.25, 0.3) is 10.0 Å². The molecule has 0 aliphatic rings. The molecule has 0 saturated carbocycles. The third kappa shape index (κ3) is 8.91. The van der Waals surface area contributed by atoms with Crippen LogP contribution in [0.25, 0.3) is 0 Å². The second-order valence-electron chi connectivity index (χ2n) is 11.1. The Balaban J connectivity index is 1.84. The minimum atomic E-state index is -4.31. The Morgan fingerprint density at radius 1 is 0.891 bits per heavy atom. The Bertz CT molecular complexity index is 1770. The summed E-state index contributed by atoms with van der Waals surface area (Å²) in [5.41, 5.74) is 2.53. The molecule has 0 fully saturated rings. The van der Waals surface area contributed by atoms with E-state index in [-0.39, 0.29) is 45.5 Å². The molecule has 0 unspecified atom stereocenters. The van der Waals surface area contributed by atoms with Crippen molar-refractivity contribution in [1.82, 2.24) is 10.2 Å². The minimum Gasteiger partial charge on any atom is -0.352 e. The smallest absolute Gasteiger partial charge is 0.264 e. The molecule has 0 aromatic heterocycles. The fraction of sp³-hybridized carbons (Fsp3) is 0.257. The van der Waals surface area contributed by atoms with Crippen LogP contribution < -0.4 is 9.62 Å². The zero-order valence-electron chi connectivity index (χ0n) is 25.8. The second kappa shape index (κ2) is 16.0. The van der Waals surface area contributed by atoms with E-state index in [1.165, 1.54) is 23.1 Å². The predicted molar refractivity (Wildman–Crippen MR) is 189 cm³/mol. The number of hydrogen-bond acceptors (Lipinski definition) is 4. The molecule has 4 aromatic carbocycles. The quantitative estimate of drug-likeness (QED) is 0.151. The molecule has 0 heterocycles. The molecule has 0 spiro atoms. The molecule has 4 rings (SSSR count). The maximum Gasteiger partial charge on any atom is 0.264 e. The molecule has 0 saturated heterocycles. The molecule has 0 radical (unpaired) electrons. The van der Waals surface area contributed by atoms with Crippen molar-refractivity contribution in [2.75, 3.05) is 10.8 Å². The van der Waals surface area contributed by atoms with E-state index in [0.29, 0.717) is 6.42 Å². The van der Waals surface area contributed by atoms with Gasteiger partial charge in [0, 0.05) is 23.5 Å². The molecule has 2 atom stereocenters. The molecule has 0 aliphatic heterocycles. The van der Waals surface area contributed by atoms with Crippen LogP contribution in [0, 0.1) is 6.92 Å². The highest BCUT2D eigenvalue weighted by Crippen LogP contribution is 2.35. The van der Waals surface area contributed by atoms with E-state index in [9.17, 15) is 18.0 Å². The van der Waals surface area contributed by atoms with Gasteiger partial charge < -0.3 is 10.2 Å². The van der Waals surface area contributed by atoms with Gasteiger partial charge in [0.15, 0.2) is 0 Å². The van der Waals surface area contributed by atoms with Gasteiger partial charge in [0.05, 0.1) is 20.6 Å². The Morgan fingerprint density at radius 2 is 1.54 bits per heavy atom. The monoisotopic (exact) mass is 743 g/mol. The van der Waals surface area contributed by atoms with Crippen molar-refractivity contribution >= 4 is 66.7 Å². The van der Waals surface area contributed by atoms with Crippen LogP contribution in [0.15, 0.2) is 106 Å². The maximum atomic E-state index is 14.6. The van der Waals surface area contributed by atoms with Crippen LogP contribution in [0.1, 0.15) is 37.0 Å². The van der Waals surface area contributed by atoms with E-state index in [1.54, 1.807) is 24.3 Å². The number of anilines is 1. The van der Waals surface area contributed by atoms with Crippen LogP contribution in [0.5, 0.6) is 0 Å². The van der Waals surface area contributed by atoms with Gasteiger partial charge in [-0.15, -0.1) is 0 Å². The van der Waals surface area contributed by atoms with Crippen molar-refractivity contribution in [2.45, 2.75) is 57.1 Å². The molecule has 46 heavy (non-hydrogen) atoms. The number of carbonyl (C=O) groups excluding carboxylic acids is 2. The first kappa shape index (κ1) is 35.5. The molecule has 1 N–H and O–H groups in total. The van der Waals surface area contributed by atoms with Crippen LogP contribution in [0.3, 0.4) is 0 Å². The third-order valence-corrected chi connectivity index (χ3v) is 10.7. The number of carbonyl (C=O) groups is 2. The molecule has 0 aliphatic carbocycles. The summed E-state index contributed by atoms with van der Waals surface area (Å²) in [6.45, 7) is 5.12. The number of amides is 2. The Labute approximate surface area is 289 Å². The first-order valence-corrected chi connectivity index (χ1v) is 17.8. The van der Waals surface area contributed by atoms with Crippen LogP contribution in [-0.2, 0) is 32.6 Å². The highest BCUT2D eigenvalue weighted by atomic mass is 79.9. The topological polar surface area (TPSA) is 86.8 Å². The van der Waals surface area contributed by atoms with Gasteiger partial charge in [-0.05, 0) is 67.8 Å². The average molecular weight is 746 g/mol. The summed E-state index contributed by atoms with van der Waals surface area (Å²) in [7, 11) is -4.31. The van der Waals surface area contributed by atoms with Gasteiger partial charge in [-0.25, -0.2) is 8.42 Å². The lowest BCUT2D eigenvalue weighted by Crippen LogP contribution is -2.54.